The van der Waals surface area contributed by atoms with E-state index in [4.69, 9.17) is 0 Å². The first-order valence-corrected chi connectivity index (χ1v) is 9.41. The van der Waals surface area contributed by atoms with E-state index in [1.54, 1.807) is 0 Å². The van der Waals surface area contributed by atoms with Crippen LogP contribution in [0.5, 0.6) is 0 Å². The Morgan fingerprint density at radius 1 is 1.12 bits per heavy atom. The van der Waals surface area contributed by atoms with Gasteiger partial charge in [0.2, 0.25) is 0 Å². The van der Waals surface area contributed by atoms with Gasteiger partial charge in [0.05, 0.1) is 12.2 Å². The van der Waals surface area contributed by atoms with Crippen LogP contribution < -0.4 is 0 Å². The van der Waals surface area contributed by atoms with Gasteiger partial charge in [-0.25, -0.2) is 4.98 Å². The normalized spacial score (nSPS) is 17.9. The third-order valence-corrected chi connectivity index (χ3v) is 5.60. The van der Waals surface area contributed by atoms with Crippen LogP contribution in [-0.2, 0) is 20.1 Å². The molecule has 136 valence electrons. The largest absolute Gasteiger partial charge is 0.329 e. The van der Waals surface area contributed by atoms with E-state index in [1.165, 1.54) is 29.7 Å². The standard InChI is InChI=1S/C21H27N5/c1-16-21(17(2)24(3)23-16)19-10-7-12-25(19)15-20-22-11-13-26(20)14-18-8-5-4-6-9-18/h4-6,8-9,11,13,19H,7,10,12,14-15H2,1-3H3. The van der Waals surface area contributed by atoms with Gasteiger partial charge in [0.15, 0.2) is 0 Å². The summed E-state index contributed by atoms with van der Waals surface area (Å²) in [5, 5.41) is 4.63. The van der Waals surface area contributed by atoms with Gasteiger partial charge in [0.1, 0.15) is 5.82 Å². The van der Waals surface area contributed by atoms with Crippen LogP contribution in [0.15, 0.2) is 42.7 Å². The monoisotopic (exact) mass is 349 g/mol. The molecule has 4 rings (SSSR count). The zero-order valence-corrected chi connectivity index (χ0v) is 15.9. The number of likely N-dealkylation sites (tertiary alicyclic amines) is 1. The van der Waals surface area contributed by atoms with Crippen LogP contribution >= 0.6 is 0 Å². The molecule has 0 saturated carbocycles. The SMILES string of the molecule is Cc1nn(C)c(C)c1C1CCCN1Cc1nccn1Cc1ccccc1. The summed E-state index contributed by atoms with van der Waals surface area (Å²) in [6, 6.07) is 11.0. The van der Waals surface area contributed by atoms with Crippen LogP contribution in [-0.4, -0.2) is 30.8 Å². The molecule has 5 heteroatoms. The Bertz CT molecular complexity index is 877. The van der Waals surface area contributed by atoms with Crippen LogP contribution in [0.25, 0.3) is 0 Å². The maximum absolute atomic E-state index is 4.65. The number of aromatic nitrogens is 4. The Morgan fingerprint density at radius 3 is 2.65 bits per heavy atom. The van der Waals surface area contributed by atoms with Crippen LogP contribution in [0.1, 0.15) is 47.2 Å². The third kappa shape index (κ3) is 3.19. The first kappa shape index (κ1) is 17.0. The van der Waals surface area contributed by atoms with Crippen LogP contribution in [0.4, 0.5) is 0 Å². The first-order chi connectivity index (χ1) is 12.6. The Balaban J connectivity index is 1.55. The molecule has 1 atom stereocenters. The molecule has 3 aromatic rings. The van der Waals surface area contributed by atoms with Crippen molar-refractivity contribution in [3.63, 3.8) is 0 Å². The molecule has 0 bridgehead atoms. The average molecular weight is 349 g/mol. The molecular formula is C21H27N5. The molecule has 1 aromatic carbocycles. The second-order valence-electron chi connectivity index (χ2n) is 7.29. The lowest BCUT2D eigenvalue weighted by Gasteiger charge is -2.25. The summed E-state index contributed by atoms with van der Waals surface area (Å²) in [6.45, 7) is 7.20. The fourth-order valence-electron chi connectivity index (χ4n) is 4.21. The molecule has 26 heavy (non-hydrogen) atoms. The minimum atomic E-state index is 0.450. The zero-order chi connectivity index (χ0) is 18.1. The van der Waals surface area contributed by atoms with Gasteiger partial charge in [-0.05, 0) is 38.8 Å². The molecule has 1 unspecified atom stereocenters. The van der Waals surface area contributed by atoms with E-state index in [9.17, 15) is 0 Å². The molecule has 0 amide bonds. The van der Waals surface area contributed by atoms with Gasteiger partial charge in [-0.15, -0.1) is 0 Å². The van der Waals surface area contributed by atoms with Crippen molar-refractivity contribution in [2.45, 2.75) is 45.8 Å². The summed E-state index contributed by atoms with van der Waals surface area (Å²) in [6.07, 6.45) is 6.45. The molecule has 2 aromatic heterocycles. The summed E-state index contributed by atoms with van der Waals surface area (Å²) < 4.78 is 4.28. The summed E-state index contributed by atoms with van der Waals surface area (Å²) >= 11 is 0. The predicted octanol–water partition coefficient (Wildman–Crippen LogP) is 3.62. The third-order valence-electron chi connectivity index (χ3n) is 5.60. The van der Waals surface area contributed by atoms with Crippen molar-refractivity contribution in [2.75, 3.05) is 6.54 Å². The van der Waals surface area contributed by atoms with Gasteiger partial charge in [0.25, 0.3) is 0 Å². The Kier molecular flexibility index (Phi) is 4.64. The van der Waals surface area contributed by atoms with Gasteiger partial charge in [0, 0.05) is 43.3 Å². The highest BCUT2D eigenvalue weighted by atomic mass is 15.3. The van der Waals surface area contributed by atoms with Crippen LogP contribution in [0.2, 0.25) is 0 Å². The summed E-state index contributed by atoms with van der Waals surface area (Å²) in [7, 11) is 2.04. The highest BCUT2D eigenvalue weighted by Crippen LogP contribution is 2.36. The number of hydrogen-bond acceptors (Lipinski definition) is 3. The number of hydrogen-bond donors (Lipinski definition) is 0. The molecule has 0 radical (unpaired) electrons. The number of imidazole rings is 1. The quantitative estimate of drug-likeness (QED) is 0.706. The van der Waals surface area contributed by atoms with Gasteiger partial charge >= 0.3 is 0 Å². The van der Waals surface area contributed by atoms with E-state index >= 15 is 0 Å². The van der Waals surface area contributed by atoms with Crippen molar-refractivity contribution in [1.82, 2.24) is 24.2 Å². The lowest BCUT2D eigenvalue weighted by atomic mass is 10.0. The maximum Gasteiger partial charge on any atom is 0.123 e. The lowest BCUT2D eigenvalue weighted by Crippen LogP contribution is -2.25. The molecule has 0 N–H and O–H groups in total. The number of aryl methyl sites for hydroxylation is 2. The molecule has 3 heterocycles. The fourth-order valence-corrected chi connectivity index (χ4v) is 4.21. The Labute approximate surface area is 155 Å². The molecule has 0 aliphatic carbocycles. The van der Waals surface area contributed by atoms with E-state index < -0.39 is 0 Å². The molecule has 0 spiro atoms. The predicted molar refractivity (Wildman–Crippen MR) is 103 cm³/mol. The van der Waals surface area contributed by atoms with Gasteiger partial charge in [-0.3, -0.25) is 9.58 Å². The van der Waals surface area contributed by atoms with Crippen molar-refractivity contribution < 1.29 is 0 Å². The second kappa shape index (κ2) is 7.08. The molecular weight excluding hydrogens is 322 g/mol. The van der Waals surface area contributed by atoms with Crippen molar-refractivity contribution in [1.29, 1.82) is 0 Å². The fraction of sp³-hybridized carbons (Fsp3) is 0.429. The zero-order valence-electron chi connectivity index (χ0n) is 15.9. The van der Waals surface area contributed by atoms with Crippen molar-refractivity contribution in [3.8, 4) is 0 Å². The van der Waals surface area contributed by atoms with E-state index in [-0.39, 0.29) is 0 Å². The van der Waals surface area contributed by atoms with Crippen molar-refractivity contribution in [2.24, 2.45) is 7.05 Å². The minimum Gasteiger partial charge on any atom is -0.329 e. The summed E-state index contributed by atoms with van der Waals surface area (Å²) in [4.78, 5) is 7.22. The average Bonchev–Trinajstić information content (AvgIpc) is 3.32. The number of rotatable bonds is 5. The topological polar surface area (TPSA) is 38.9 Å². The molecule has 1 aliphatic heterocycles. The molecule has 1 fully saturated rings. The number of benzene rings is 1. The van der Waals surface area contributed by atoms with Gasteiger partial charge in [-0.2, -0.15) is 5.10 Å². The second-order valence-corrected chi connectivity index (χ2v) is 7.29. The Hall–Kier alpha value is -2.40. The van der Waals surface area contributed by atoms with Crippen molar-refractivity contribution >= 4 is 0 Å². The lowest BCUT2D eigenvalue weighted by molar-refractivity contribution is 0.238. The Morgan fingerprint density at radius 2 is 1.92 bits per heavy atom. The smallest absolute Gasteiger partial charge is 0.123 e. The van der Waals surface area contributed by atoms with E-state index in [1.807, 2.05) is 17.9 Å². The van der Waals surface area contributed by atoms with E-state index in [2.05, 4.69) is 69.9 Å². The van der Waals surface area contributed by atoms with E-state index in [0.29, 0.717) is 6.04 Å². The van der Waals surface area contributed by atoms with Crippen LogP contribution in [0.3, 0.4) is 0 Å². The minimum absolute atomic E-state index is 0.450. The van der Waals surface area contributed by atoms with E-state index in [0.717, 1.165) is 31.2 Å². The van der Waals surface area contributed by atoms with Gasteiger partial charge < -0.3 is 4.57 Å². The summed E-state index contributed by atoms with van der Waals surface area (Å²) in [5.41, 5.74) is 5.16. The van der Waals surface area contributed by atoms with Crippen LogP contribution in [0, 0.1) is 13.8 Å². The van der Waals surface area contributed by atoms with Gasteiger partial charge in [-0.1, -0.05) is 30.3 Å². The summed E-state index contributed by atoms with van der Waals surface area (Å²) in [5.74, 6) is 1.14. The highest BCUT2D eigenvalue weighted by Gasteiger charge is 2.31. The first-order valence-electron chi connectivity index (χ1n) is 9.41. The molecule has 1 aliphatic rings. The van der Waals surface area contributed by atoms with Crippen molar-refractivity contribution in [3.05, 3.63) is 71.1 Å². The molecule has 5 nitrogen and oxygen atoms in total. The number of nitrogens with zero attached hydrogens (tertiary/aromatic N) is 5. The maximum atomic E-state index is 4.65. The highest BCUT2D eigenvalue weighted by molar-refractivity contribution is 5.29. The molecule has 1 saturated heterocycles.